The van der Waals surface area contributed by atoms with Crippen LogP contribution in [-0.2, 0) is 9.59 Å². The minimum absolute atomic E-state index is 0.00593. The number of carbonyl (C=O) groups is 2. The highest BCUT2D eigenvalue weighted by molar-refractivity contribution is 7.14. The lowest BCUT2D eigenvalue weighted by molar-refractivity contribution is -0.132. The number of methoxy groups -OCH3 is 1. The molecule has 3 aromatic rings. The highest BCUT2D eigenvalue weighted by Crippen LogP contribution is 2.42. The van der Waals surface area contributed by atoms with Crippen molar-refractivity contribution >= 4 is 33.9 Å². The number of thiazole rings is 1. The number of rotatable bonds is 4. The maximum absolute atomic E-state index is 14.2. The zero-order chi connectivity index (χ0) is 20.5. The Morgan fingerprint density at radius 2 is 2.10 bits per heavy atom. The number of pyridine rings is 1. The van der Waals surface area contributed by atoms with Crippen molar-refractivity contribution < 1.29 is 23.8 Å². The van der Waals surface area contributed by atoms with Crippen molar-refractivity contribution in [1.29, 1.82) is 0 Å². The van der Waals surface area contributed by atoms with Gasteiger partial charge < -0.3 is 9.84 Å². The highest BCUT2D eigenvalue weighted by Gasteiger charge is 2.48. The van der Waals surface area contributed by atoms with Crippen LogP contribution >= 0.6 is 11.3 Å². The van der Waals surface area contributed by atoms with Crippen molar-refractivity contribution in [3.8, 4) is 5.75 Å². The molecule has 1 N–H and O–H groups in total. The third-order valence-corrected chi connectivity index (χ3v) is 5.27. The average Bonchev–Trinajstić information content (AvgIpc) is 3.35. The molecule has 1 aromatic carbocycles. The largest absolute Gasteiger partial charge is 0.507 e. The maximum atomic E-state index is 14.2. The van der Waals surface area contributed by atoms with Crippen molar-refractivity contribution in [2.75, 3.05) is 12.0 Å². The van der Waals surface area contributed by atoms with Gasteiger partial charge in [0.1, 0.15) is 5.76 Å². The summed E-state index contributed by atoms with van der Waals surface area (Å²) in [6.45, 7) is 0. The maximum Gasteiger partial charge on any atom is 0.301 e. The van der Waals surface area contributed by atoms with E-state index in [1.54, 1.807) is 23.7 Å². The van der Waals surface area contributed by atoms with Gasteiger partial charge in [0.2, 0.25) is 0 Å². The molecule has 1 fully saturated rings. The lowest BCUT2D eigenvalue weighted by atomic mass is 9.96. The molecule has 0 unspecified atom stereocenters. The van der Waals surface area contributed by atoms with Crippen molar-refractivity contribution in [2.24, 2.45) is 0 Å². The van der Waals surface area contributed by atoms with Crippen LogP contribution in [0.25, 0.3) is 5.76 Å². The van der Waals surface area contributed by atoms with Gasteiger partial charge in [-0.2, -0.15) is 0 Å². The summed E-state index contributed by atoms with van der Waals surface area (Å²) in [5.41, 5.74) is 0.398. The first-order chi connectivity index (χ1) is 14.0. The number of Topliss-reactive ketones (excluding diaryl/α,β-unsaturated/α-hetero) is 1. The zero-order valence-corrected chi connectivity index (χ0v) is 15.9. The number of anilines is 1. The molecular weight excluding hydrogens is 397 g/mol. The van der Waals surface area contributed by atoms with Crippen molar-refractivity contribution in [3.05, 3.63) is 76.8 Å². The molecule has 0 spiro atoms. The van der Waals surface area contributed by atoms with Gasteiger partial charge in [-0.1, -0.05) is 6.07 Å². The fourth-order valence-corrected chi connectivity index (χ4v) is 3.85. The Morgan fingerprint density at radius 3 is 2.72 bits per heavy atom. The second-order valence-electron chi connectivity index (χ2n) is 6.12. The number of carbonyl (C=O) groups excluding carboxylic acids is 2. The number of benzene rings is 1. The minimum Gasteiger partial charge on any atom is -0.507 e. The predicted molar refractivity (Wildman–Crippen MR) is 104 cm³/mol. The Labute approximate surface area is 168 Å². The van der Waals surface area contributed by atoms with Gasteiger partial charge in [-0.05, 0) is 29.8 Å². The number of ketones is 1. The number of aliphatic hydroxyl groups excluding tert-OH is 1. The van der Waals surface area contributed by atoms with Crippen LogP contribution in [0.2, 0.25) is 0 Å². The summed E-state index contributed by atoms with van der Waals surface area (Å²) >= 11 is 1.18. The molecule has 29 heavy (non-hydrogen) atoms. The third kappa shape index (κ3) is 3.15. The Balaban J connectivity index is 1.92. The molecule has 2 aromatic heterocycles. The fraction of sp³-hybridized carbons (Fsp3) is 0.100. The summed E-state index contributed by atoms with van der Waals surface area (Å²) in [4.78, 5) is 35.0. The molecule has 1 atom stereocenters. The number of aliphatic hydroxyl groups is 1. The first-order valence-corrected chi connectivity index (χ1v) is 9.35. The quantitative estimate of drug-likeness (QED) is 0.402. The van der Waals surface area contributed by atoms with E-state index in [1.807, 2.05) is 0 Å². The number of ether oxygens (including phenoxy) is 1. The van der Waals surface area contributed by atoms with Crippen LogP contribution in [-0.4, -0.2) is 33.9 Å². The van der Waals surface area contributed by atoms with Crippen LogP contribution in [0.5, 0.6) is 5.75 Å². The fourth-order valence-electron chi connectivity index (χ4n) is 3.19. The van der Waals surface area contributed by atoms with E-state index in [0.717, 1.165) is 6.07 Å². The third-order valence-electron chi connectivity index (χ3n) is 4.50. The van der Waals surface area contributed by atoms with Crippen LogP contribution in [0.4, 0.5) is 9.52 Å². The van der Waals surface area contributed by atoms with E-state index in [0.29, 0.717) is 10.7 Å². The number of hydrogen-bond acceptors (Lipinski definition) is 7. The van der Waals surface area contributed by atoms with Gasteiger partial charge in [0.15, 0.2) is 16.7 Å². The zero-order valence-electron chi connectivity index (χ0n) is 15.1. The van der Waals surface area contributed by atoms with Crippen molar-refractivity contribution in [3.63, 3.8) is 0 Å². The molecule has 0 aliphatic carbocycles. The molecule has 1 aliphatic rings. The van der Waals surface area contributed by atoms with Gasteiger partial charge in [0.05, 0.1) is 18.7 Å². The Kier molecular flexibility index (Phi) is 4.81. The van der Waals surface area contributed by atoms with Gasteiger partial charge in [0, 0.05) is 29.5 Å². The molecule has 0 radical (unpaired) electrons. The summed E-state index contributed by atoms with van der Waals surface area (Å²) in [7, 11) is 1.32. The molecule has 0 bridgehead atoms. The van der Waals surface area contributed by atoms with Crippen LogP contribution in [0.3, 0.4) is 0 Å². The Morgan fingerprint density at radius 1 is 1.28 bits per heavy atom. The topological polar surface area (TPSA) is 92.6 Å². The first-order valence-electron chi connectivity index (χ1n) is 8.47. The van der Waals surface area contributed by atoms with Crippen LogP contribution < -0.4 is 9.64 Å². The SMILES string of the molecule is COc1ccc(/C(O)=C2\C(=O)C(=O)N(c3nccs3)[C@H]2c2cccnc2)cc1F. The van der Waals surface area contributed by atoms with E-state index in [4.69, 9.17) is 4.74 Å². The normalized spacial score (nSPS) is 18.3. The second kappa shape index (κ2) is 7.44. The summed E-state index contributed by atoms with van der Waals surface area (Å²) < 4.78 is 19.0. The molecule has 0 saturated carbocycles. The monoisotopic (exact) mass is 411 g/mol. The smallest absolute Gasteiger partial charge is 0.301 e. The lowest BCUT2D eigenvalue weighted by Gasteiger charge is -2.22. The molecule has 146 valence electrons. The highest BCUT2D eigenvalue weighted by atomic mass is 32.1. The van der Waals surface area contributed by atoms with Gasteiger partial charge >= 0.3 is 5.91 Å². The minimum atomic E-state index is -0.944. The van der Waals surface area contributed by atoms with E-state index >= 15 is 0 Å². The molecule has 4 rings (SSSR count). The Bertz CT molecular complexity index is 1120. The summed E-state index contributed by atoms with van der Waals surface area (Å²) in [5.74, 6) is -2.91. The molecule has 1 amide bonds. The van der Waals surface area contributed by atoms with Crippen LogP contribution in [0.15, 0.2) is 59.9 Å². The molecule has 3 heterocycles. The van der Waals surface area contributed by atoms with Gasteiger partial charge in [-0.15, -0.1) is 11.3 Å². The lowest BCUT2D eigenvalue weighted by Crippen LogP contribution is -2.29. The summed E-state index contributed by atoms with van der Waals surface area (Å²) in [6.07, 6.45) is 4.56. The number of nitrogens with zero attached hydrogens (tertiary/aromatic N) is 3. The van der Waals surface area contributed by atoms with Gasteiger partial charge in [-0.3, -0.25) is 19.5 Å². The van der Waals surface area contributed by atoms with E-state index in [1.165, 1.54) is 47.9 Å². The Hall–Kier alpha value is -3.59. The van der Waals surface area contributed by atoms with Crippen LogP contribution in [0, 0.1) is 5.82 Å². The number of halogens is 1. The summed E-state index contributed by atoms with van der Waals surface area (Å²) in [5, 5.41) is 12.9. The van der Waals surface area contributed by atoms with E-state index < -0.39 is 29.3 Å². The molecule has 7 nitrogen and oxygen atoms in total. The molecular formula is C20H14FN3O4S. The summed E-state index contributed by atoms with van der Waals surface area (Å²) in [6, 6.07) is 6.19. The average molecular weight is 411 g/mol. The van der Waals surface area contributed by atoms with Crippen molar-refractivity contribution in [1.82, 2.24) is 9.97 Å². The molecule has 1 aliphatic heterocycles. The van der Waals surface area contributed by atoms with Gasteiger partial charge in [0.25, 0.3) is 5.78 Å². The van der Waals surface area contributed by atoms with Gasteiger partial charge in [-0.25, -0.2) is 9.37 Å². The number of hydrogen-bond donors (Lipinski definition) is 1. The predicted octanol–water partition coefficient (Wildman–Crippen LogP) is 3.31. The van der Waals surface area contributed by atoms with E-state index in [9.17, 15) is 19.1 Å². The molecule has 1 saturated heterocycles. The number of amides is 1. The van der Waals surface area contributed by atoms with E-state index in [-0.39, 0.29) is 16.9 Å². The van der Waals surface area contributed by atoms with E-state index in [2.05, 4.69) is 9.97 Å². The first kappa shape index (κ1) is 18.8. The molecule has 9 heteroatoms. The van der Waals surface area contributed by atoms with Crippen LogP contribution in [0.1, 0.15) is 17.2 Å². The second-order valence-corrected chi connectivity index (χ2v) is 6.99. The standard InChI is InChI=1S/C20H14FN3O4S/c1-28-14-5-4-11(9-13(14)21)17(25)15-16(12-3-2-6-22-10-12)24(19(27)18(15)26)20-23-7-8-29-20/h2-10,16,25H,1H3/b17-15+/t16-/m0/s1. The number of aromatic nitrogens is 2. The van der Waals surface area contributed by atoms with Crippen molar-refractivity contribution in [2.45, 2.75) is 6.04 Å².